The maximum absolute atomic E-state index is 12.6. The summed E-state index contributed by atoms with van der Waals surface area (Å²) in [4.78, 5) is 24.8. The van der Waals surface area contributed by atoms with Crippen molar-refractivity contribution in [2.24, 2.45) is 0 Å². The van der Waals surface area contributed by atoms with Crippen molar-refractivity contribution in [3.05, 3.63) is 76.0 Å². The molecule has 4 rings (SSSR count). The average molecular weight is 384 g/mol. The number of amides is 1. The molecule has 0 saturated carbocycles. The van der Waals surface area contributed by atoms with Crippen LogP contribution in [0.25, 0.3) is 17.0 Å². The van der Waals surface area contributed by atoms with Gasteiger partial charge in [-0.1, -0.05) is 29.8 Å². The van der Waals surface area contributed by atoms with Crippen LogP contribution in [0.15, 0.2) is 64.3 Å². The molecule has 1 amide bonds. The third kappa shape index (κ3) is 3.47. The molecular formula is C18H14ClN5O3. The summed E-state index contributed by atoms with van der Waals surface area (Å²) in [5, 5.41) is 11.6. The molecule has 0 aliphatic carbocycles. The highest BCUT2D eigenvalue weighted by atomic mass is 35.5. The number of benzene rings is 1. The van der Waals surface area contributed by atoms with Crippen LogP contribution in [0.2, 0.25) is 5.02 Å². The summed E-state index contributed by atoms with van der Waals surface area (Å²) in [6, 6.07) is 12.3. The third-order valence-electron chi connectivity index (χ3n) is 3.99. The number of hydrogen-bond acceptors (Lipinski definition) is 5. The number of nitrogens with one attached hydrogen (secondary N) is 1. The fourth-order valence-corrected chi connectivity index (χ4v) is 2.83. The Morgan fingerprint density at radius 2 is 2.07 bits per heavy atom. The summed E-state index contributed by atoms with van der Waals surface area (Å²) in [6.07, 6.45) is 2.91. The molecule has 1 N–H and O–H groups in total. The first-order valence-electron chi connectivity index (χ1n) is 8.11. The van der Waals surface area contributed by atoms with Gasteiger partial charge in [0.05, 0.1) is 6.26 Å². The Labute approximate surface area is 158 Å². The lowest BCUT2D eigenvalue weighted by Crippen LogP contribution is -2.34. The van der Waals surface area contributed by atoms with Gasteiger partial charge in [0.15, 0.2) is 5.76 Å². The Hall–Kier alpha value is -3.39. The van der Waals surface area contributed by atoms with Crippen molar-refractivity contribution in [1.29, 1.82) is 0 Å². The number of hydrogen-bond donors (Lipinski definition) is 1. The highest BCUT2D eigenvalue weighted by Crippen LogP contribution is 2.18. The van der Waals surface area contributed by atoms with Crippen LogP contribution >= 0.6 is 11.6 Å². The summed E-state index contributed by atoms with van der Waals surface area (Å²) in [7, 11) is 0. The summed E-state index contributed by atoms with van der Waals surface area (Å²) in [5.41, 5.74) is 1.19. The summed E-state index contributed by atoms with van der Waals surface area (Å²) in [6.45, 7) is 0.0614. The van der Waals surface area contributed by atoms with Crippen molar-refractivity contribution in [1.82, 2.24) is 24.7 Å². The number of nitrogens with zero attached hydrogens (tertiary/aromatic N) is 4. The van der Waals surface area contributed by atoms with E-state index in [1.165, 1.54) is 17.1 Å². The lowest BCUT2D eigenvalue weighted by Gasteiger charge is -2.08. The second-order valence-corrected chi connectivity index (χ2v) is 6.21. The zero-order valence-corrected chi connectivity index (χ0v) is 14.8. The largest absolute Gasteiger partial charge is 0.463 e. The number of aromatic nitrogens is 4. The van der Waals surface area contributed by atoms with E-state index in [2.05, 4.69) is 15.5 Å². The van der Waals surface area contributed by atoms with Crippen molar-refractivity contribution in [2.45, 2.75) is 13.1 Å². The molecule has 0 aliphatic rings. The second-order valence-electron chi connectivity index (χ2n) is 5.80. The van der Waals surface area contributed by atoms with Gasteiger partial charge in [0.1, 0.15) is 24.1 Å². The summed E-state index contributed by atoms with van der Waals surface area (Å²) < 4.78 is 7.74. The van der Waals surface area contributed by atoms with Crippen LogP contribution in [0.3, 0.4) is 0 Å². The molecule has 3 heterocycles. The minimum Gasteiger partial charge on any atom is -0.463 e. The van der Waals surface area contributed by atoms with E-state index in [1.807, 2.05) is 18.2 Å². The van der Waals surface area contributed by atoms with Gasteiger partial charge < -0.3 is 9.73 Å². The van der Waals surface area contributed by atoms with Crippen LogP contribution in [0.5, 0.6) is 0 Å². The molecule has 0 atom stereocenters. The predicted molar refractivity (Wildman–Crippen MR) is 98.2 cm³/mol. The van der Waals surface area contributed by atoms with Gasteiger partial charge in [0.25, 0.3) is 5.56 Å². The van der Waals surface area contributed by atoms with E-state index in [0.29, 0.717) is 22.0 Å². The smallest absolute Gasteiger partial charge is 0.293 e. The Balaban J connectivity index is 1.52. The van der Waals surface area contributed by atoms with E-state index in [-0.39, 0.29) is 19.0 Å². The Morgan fingerprint density at radius 3 is 2.85 bits per heavy atom. The number of furan rings is 1. The summed E-state index contributed by atoms with van der Waals surface area (Å²) >= 11 is 6.07. The molecule has 0 saturated heterocycles. The standard InChI is InChI=1S/C18H14ClN5O3/c19-13-5-2-1-4-12(13)9-20-17(25)10-23-18(26)15-8-14(16-6-3-7-27-16)22-24(15)11-21-23/h1-8,11H,9-10H2,(H,20,25). The Morgan fingerprint density at radius 1 is 1.22 bits per heavy atom. The van der Waals surface area contributed by atoms with Gasteiger partial charge in [-0.3, -0.25) is 9.59 Å². The molecule has 4 aromatic rings. The SMILES string of the molecule is O=C(Cn1ncn2nc(-c3ccco3)cc2c1=O)NCc1ccccc1Cl. The van der Waals surface area contributed by atoms with Gasteiger partial charge in [-0.2, -0.15) is 10.2 Å². The van der Waals surface area contributed by atoms with Crippen LogP contribution in [0.1, 0.15) is 5.56 Å². The molecule has 0 aliphatic heterocycles. The minimum atomic E-state index is -0.421. The van der Waals surface area contributed by atoms with E-state index >= 15 is 0 Å². The molecule has 0 bridgehead atoms. The zero-order valence-electron chi connectivity index (χ0n) is 14.0. The van der Waals surface area contributed by atoms with E-state index < -0.39 is 5.56 Å². The van der Waals surface area contributed by atoms with Gasteiger partial charge in [0, 0.05) is 17.6 Å². The molecule has 9 heteroatoms. The van der Waals surface area contributed by atoms with Gasteiger partial charge >= 0.3 is 0 Å². The molecule has 8 nitrogen and oxygen atoms in total. The maximum Gasteiger partial charge on any atom is 0.293 e. The molecule has 3 aromatic heterocycles. The second kappa shape index (κ2) is 7.08. The first-order valence-corrected chi connectivity index (χ1v) is 8.49. The fraction of sp³-hybridized carbons (Fsp3) is 0.111. The van der Waals surface area contributed by atoms with Crippen molar-refractivity contribution in [2.75, 3.05) is 0 Å². The quantitative estimate of drug-likeness (QED) is 0.569. The van der Waals surface area contributed by atoms with E-state index in [0.717, 1.165) is 10.2 Å². The molecule has 1 aromatic carbocycles. The monoisotopic (exact) mass is 383 g/mol. The number of carbonyl (C=O) groups is 1. The number of carbonyl (C=O) groups excluding carboxylic acids is 1. The molecule has 27 heavy (non-hydrogen) atoms. The van der Waals surface area contributed by atoms with Crippen LogP contribution in [0.4, 0.5) is 0 Å². The zero-order chi connectivity index (χ0) is 18.8. The normalized spacial score (nSPS) is 11.0. The molecule has 0 unspecified atom stereocenters. The van der Waals surface area contributed by atoms with Crippen molar-refractivity contribution >= 4 is 23.0 Å². The van der Waals surface area contributed by atoms with Crippen molar-refractivity contribution in [3.63, 3.8) is 0 Å². The van der Waals surface area contributed by atoms with E-state index in [4.69, 9.17) is 16.0 Å². The first-order chi connectivity index (χ1) is 13.1. The molecule has 0 fully saturated rings. The maximum atomic E-state index is 12.6. The van der Waals surface area contributed by atoms with E-state index in [9.17, 15) is 9.59 Å². The Bertz CT molecular complexity index is 1160. The number of fused-ring (bicyclic) bond motifs is 1. The lowest BCUT2D eigenvalue weighted by molar-refractivity contribution is -0.122. The van der Waals surface area contributed by atoms with Crippen LogP contribution < -0.4 is 10.9 Å². The van der Waals surface area contributed by atoms with Gasteiger partial charge in [-0.15, -0.1) is 0 Å². The van der Waals surface area contributed by atoms with Gasteiger partial charge in [0.2, 0.25) is 5.91 Å². The van der Waals surface area contributed by atoms with Crippen LogP contribution in [-0.4, -0.2) is 25.3 Å². The third-order valence-corrected chi connectivity index (χ3v) is 4.36. The van der Waals surface area contributed by atoms with Crippen LogP contribution in [0, 0.1) is 0 Å². The highest BCUT2D eigenvalue weighted by Gasteiger charge is 2.13. The first kappa shape index (κ1) is 17.0. The van der Waals surface area contributed by atoms with E-state index in [1.54, 1.807) is 24.3 Å². The highest BCUT2D eigenvalue weighted by molar-refractivity contribution is 6.31. The van der Waals surface area contributed by atoms with Gasteiger partial charge in [-0.05, 0) is 23.8 Å². The minimum absolute atomic E-state index is 0.207. The molecule has 0 radical (unpaired) electrons. The van der Waals surface area contributed by atoms with Crippen LogP contribution in [-0.2, 0) is 17.9 Å². The Kier molecular flexibility index (Phi) is 4.47. The van der Waals surface area contributed by atoms with Crippen molar-refractivity contribution < 1.29 is 9.21 Å². The van der Waals surface area contributed by atoms with Gasteiger partial charge in [-0.25, -0.2) is 9.20 Å². The predicted octanol–water partition coefficient (Wildman–Crippen LogP) is 2.12. The molecule has 136 valence electrons. The topological polar surface area (TPSA) is 94.4 Å². The lowest BCUT2D eigenvalue weighted by atomic mass is 10.2. The fourth-order valence-electron chi connectivity index (χ4n) is 2.62. The summed E-state index contributed by atoms with van der Waals surface area (Å²) in [5.74, 6) is 0.196. The number of rotatable bonds is 5. The molecule has 0 spiro atoms. The number of halogens is 1. The van der Waals surface area contributed by atoms with Crippen molar-refractivity contribution in [3.8, 4) is 11.5 Å². The average Bonchev–Trinajstić information content (AvgIpc) is 3.33. The molecular weight excluding hydrogens is 370 g/mol.